The van der Waals surface area contributed by atoms with Crippen molar-refractivity contribution < 1.29 is 22.4 Å². The van der Waals surface area contributed by atoms with Gasteiger partial charge in [-0.15, -0.1) is 0 Å². The van der Waals surface area contributed by atoms with Crippen molar-refractivity contribution in [1.82, 2.24) is 20.1 Å². The van der Waals surface area contributed by atoms with Crippen molar-refractivity contribution in [3.05, 3.63) is 47.8 Å². The van der Waals surface area contributed by atoms with Gasteiger partial charge in [-0.2, -0.15) is 13.2 Å². The first-order valence-electron chi connectivity index (χ1n) is 11.0. The molecule has 1 aromatic heterocycles. The van der Waals surface area contributed by atoms with E-state index in [0.717, 1.165) is 17.6 Å². The second-order valence-electron chi connectivity index (χ2n) is 8.81. The van der Waals surface area contributed by atoms with E-state index in [1.54, 1.807) is 4.90 Å². The summed E-state index contributed by atoms with van der Waals surface area (Å²) in [6, 6.07) is 2.55. The van der Waals surface area contributed by atoms with E-state index in [9.17, 15) is 22.4 Å². The van der Waals surface area contributed by atoms with Gasteiger partial charge in [0.15, 0.2) is 0 Å². The van der Waals surface area contributed by atoms with Crippen LogP contribution in [0, 0.1) is 17.7 Å². The van der Waals surface area contributed by atoms with E-state index in [0.29, 0.717) is 38.3 Å². The van der Waals surface area contributed by atoms with E-state index >= 15 is 0 Å². The van der Waals surface area contributed by atoms with Gasteiger partial charge < -0.3 is 15.5 Å². The third-order valence-electron chi connectivity index (χ3n) is 6.60. The molecule has 0 saturated carbocycles. The fourth-order valence-electron chi connectivity index (χ4n) is 4.94. The molecule has 0 radical (unpaired) electrons. The molecular formula is C22H24F4N6O. The number of aliphatic imine (C=N–C) groups is 1. The van der Waals surface area contributed by atoms with Crippen LogP contribution < -0.4 is 10.6 Å². The lowest BCUT2D eigenvalue weighted by molar-refractivity contribution is -0.190. The highest BCUT2D eigenvalue weighted by Gasteiger charge is 2.47. The van der Waals surface area contributed by atoms with Gasteiger partial charge in [0.05, 0.1) is 42.2 Å². The zero-order valence-corrected chi connectivity index (χ0v) is 17.8. The number of aromatic nitrogens is 1. The summed E-state index contributed by atoms with van der Waals surface area (Å²) in [5, 5.41) is 5.99. The second kappa shape index (κ2) is 8.44. The molecule has 1 fully saturated rings. The van der Waals surface area contributed by atoms with Crippen LogP contribution in [0.15, 0.2) is 47.0 Å². The molecule has 176 valence electrons. The Morgan fingerprint density at radius 1 is 1.27 bits per heavy atom. The molecule has 1 amide bonds. The Labute approximate surface area is 188 Å². The number of anilines is 1. The molecule has 2 N–H and O–H groups in total. The minimum Gasteiger partial charge on any atom is -0.362 e. The van der Waals surface area contributed by atoms with Crippen LogP contribution in [0.4, 0.5) is 23.4 Å². The summed E-state index contributed by atoms with van der Waals surface area (Å²) in [5.41, 5.74) is 1.74. The van der Waals surface area contributed by atoms with Gasteiger partial charge in [0, 0.05) is 26.1 Å². The minimum absolute atomic E-state index is 0.0813. The Hall–Kier alpha value is -2.95. The number of allylic oxidation sites excluding steroid dienone is 1. The maximum absolute atomic E-state index is 13.5. The van der Waals surface area contributed by atoms with Crippen molar-refractivity contribution >= 4 is 17.4 Å². The van der Waals surface area contributed by atoms with Gasteiger partial charge in [0.25, 0.3) is 0 Å². The lowest BCUT2D eigenvalue weighted by Gasteiger charge is -2.47. The standard InChI is InChI=1S/C22H24F4N6O/c23-14-5-6-18(27-10-14)29-21(33)16-9-17-19(28-15-4-2-7-31(17)12-15)30-20(16)32-8-1-3-13(11-32)22(24,25)26/h2,4-6,10,13,16,20,30H,1,3,7-9,11-12H2,(H,27,29,33). The van der Waals surface area contributed by atoms with E-state index in [1.807, 2.05) is 12.2 Å². The second-order valence-corrected chi connectivity index (χ2v) is 8.81. The highest BCUT2D eigenvalue weighted by atomic mass is 19.4. The van der Waals surface area contributed by atoms with Gasteiger partial charge in [-0.05, 0) is 31.1 Å². The van der Waals surface area contributed by atoms with Crippen molar-refractivity contribution in [2.24, 2.45) is 16.8 Å². The predicted octanol–water partition coefficient (Wildman–Crippen LogP) is 2.86. The molecule has 4 aliphatic rings. The molecule has 3 unspecified atom stereocenters. The molecule has 7 nitrogen and oxygen atoms in total. The Morgan fingerprint density at radius 2 is 2.12 bits per heavy atom. The number of carbonyl (C=O) groups excluding carboxylic acids is 1. The number of alkyl halides is 3. The summed E-state index contributed by atoms with van der Waals surface area (Å²) in [5.74, 6) is -2.21. The van der Waals surface area contributed by atoms with Crippen molar-refractivity contribution in [1.29, 1.82) is 0 Å². The summed E-state index contributed by atoms with van der Waals surface area (Å²) >= 11 is 0. The number of pyridine rings is 1. The van der Waals surface area contributed by atoms with Crippen LogP contribution in [0.2, 0.25) is 0 Å². The number of rotatable bonds is 3. The topological polar surface area (TPSA) is 72.9 Å². The van der Waals surface area contributed by atoms with E-state index in [2.05, 4.69) is 25.5 Å². The monoisotopic (exact) mass is 464 g/mol. The summed E-state index contributed by atoms with van der Waals surface area (Å²) < 4.78 is 53.6. The maximum Gasteiger partial charge on any atom is 0.393 e. The quantitative estimate of drug-likeness (QED) is 0.674. The molecule has 5 rings (SSSR count). The van der Waals surface area contributed by atoms with Gasteiger partial charge in [0.2, 0.25) is 5.91 Å². The van der Waals surface area contributed by atoms with Gasteiger partial charge in [-0.1, -0.05) is 6.08 Å². The van der Waals surface area contributed by atoms with E-state index in [-0.39, 0.29) is 24.7 Å². The van der Waals surface area contributed by atoms with Gasteiger partial charge in [-0.25, -0.2) is 14.4 Å². The molecule has 3 atom stereocenters. The number of piperidine rings is 1. The smallest absolute Gasteiger partial charge is 0.362 e. The Kier molecular flexibility index (Phi) is 5.59. The Morgan fingerprint density at radius 3 is 2.88 bits per heavy atom. The summed E-state index contributed by atoms with van der Waals surface area (Å²) in [6.45, 7) is 1.58. The van der Waals surface area contributed by atoms with E-state index in [1.165, 1.54) is 12.1 Å². The fourth-order valence-corrected chi connectivity index (χ4v) is 4.94. The average Bonchev–Trinajstić information content (AvgIpc) is 2.79. The normalized spacial score (nSPS) is 27.6. The first kappa shape index (κ1) is 21.9. The highest BCUT2D eigenvalue weighted by Crippen LogP contribution is 2.37. The van der Waals surface area contributed by atoms with Crippen molar-refractivity contribution in [3.63, 3.8) is 0 Å². The molecule has 1 saturated heterocycles. The van der Waals surface area contributed by atoms with Crippen LogP contribution in [0.25, 0.3) is 0 Å². The number of nitrogens with zero attached hydrogens (tertiary/aromatic N) is 4. The van der Waals surface area contributed by atoms with Gasteiger partial charge in [-0.3, -0.25) is 9.69 Å². The number of hydrogen-bond donors (Lipinski definition) is 2. The third-order valence-corrected chi connectivity index (χ3v) is 6.60. The minimum atomic E-state index is -4.29. The first-order valence-corrected chi connectivity index (χ1v) is 11.0. The molecule has 5 heterocycles. The maximum atomic E-state index is 13.5. The van der Waals surface area contributed by atoms with Crippen molar-refractivity contribution in [2.75, 3.05) is 31.5 Å². The zero-order chi connectivity index (χ0) is 23.2. The molecule has 0 aliphatic carbocycles. The lowest BCUT2D eigenvalue weighted by atomic mass is 9.89. The number of amides is 1. The van der Waals surface area contributed by atoms with Crippen LogP contribution in [0.1, 0.15) is 19.3 Å². The van der Waals surface area contributed by atoms with Crippen molar-refractivity contribution in [2.45, 2.75) is 31.6 Å². The molecular weight excluding hydrogens is 440 g/mol. The number of carbonyl (C=O) groups is 1. The fraction of sp³-hybridized carbons (Fsp3) is 0.500. The molecule has 11 heteroatoms. The number of likely N-dealkylation sites (tertiary alicyclic amines) is 1. The number of fused-ring (bicyclic) bond motifs is 3. The van der Waals surface area contributed by atoms with E-state index < -0.39 is 30.0 Å². The van der Waals surface area contributed by atoms with Crippen LogP contribution in [0.3, 0.4) is 0 Å². The average molecular weight is 464 g/mol. The molecule has 1 aromatic rings. The predicted molar refractivity (Wildman–Crippen MR) is 113 cm³/mol. The Balaban J connectivity index is 1.43. The van der Waals surface area contributed by atoms with Crippen molar-refractivity contribution in [3.8, 4) is 0 Å². The molecule has 0 aromatic carbocycles. The summed E-state index contributed by atoms with van der Waals surface area (Å²) in [7, 11) is 0. The number of hydrogen-bond acceptors (Lipinski definition) is 6. The van der Waals surface area contributed by atoms with Crippen LogP contribution >= 0.6 is 0 Å². The van der Waals surface area contributed by atoms with E-state index in [4.69, 9.17) is 0 Å². The highest BCUT2D eigenvalue weighted by molar-refractivity contribution is 5.99. The Bertz CT molecular complexity index is 1020. The molecule has 33 heavy (non-hydrogen) atoms. The SMILES string of the molecule is O=C(Nc1ccc(F)cn1)C1CC2=C(N=C3C=CCN2C3)NC1N1CCCC(C(F)(F)F)C1. The lowest BCUT2D eigenvalue weighted by Crippen LogP contribution is -2.60. The van der Waals surface area contributed by atoms with Crippen LogP contribution in [-0.2, 0) is 4.79 Å². The summed E-state index contributed by atoms with van der Waals surface area (Å²) in [6.07, 6.45) is 0.809. The van der Waals surface area contributed by atoms with Gasteiger partial charge in [0.1, 0.15) is 17.5 Å². The molecule has 2 bridgehead atoms. The van der Waals surface area contributed by atoms with Gasteiger partial charge >= 0.3 is 6.18 Å². The summed E-state index contributed by atoms with van der Waals surface area (Å²) in [4.78, 5) is 25.7. The molecule has 4 aliphatic heterocycles. The van der Waals surface area contributed by atoms with Crippen LogP contribution in [-0.4, -0.2) is 64.9 Å². The number of nitrogens with one attached hydrogen (secondary N) is 2. The zero-order valence-electron chi connectivity index (χ0n) is 17.8. The first-order chi connectivity index (χ1) is 15.8. The van der Waals surface area contributed by atoms with Crippen LogP contribution in [0.5, 0.6) is 0 Å². The largest absolute Gasteiger partial charge is 0.393 e. The molecule has 0 spiro atoms. The third kappa shape index (κ3) is 4.46. The number of halogens is 4.